The highest BCUT2D eigenvalue weighted by Gasteiger charge is 2.28. The van der Waals surface area contributed by atoms with Crippen LogP contribution in [-0.2, 0) is 11.3 Å². The number of rotatable bonds is 5. The molecule has 28 heavy (non-hydrogen) atoms. The largest absolute Gasteiger partial charge is 0.341 e. The van der Waals surface area contributed by atoms with Gasteiger partial charge in [0.25, 0.3) is 0 Å². The van der Waals surface area contributed by atoms with E-state index >= 15 is 0 Å². The van der Waals surface area contributed by atoms with Gasteiger partial charge in [-0.3, -0.25) is 4.79 Å². The maximum atomic E-state index is 13.0. The average molecular weight is 395 g/mol. The van der Waals surface area contributed by atoms with E-state index in [1.165, 1.54) is 0 Å². The Bertz CT molecular complexity index is 919. The lowest BCUT2D eigenvalue weighted by atomic mass is 9.85. The van der Waals surface area contributed by atoms with Crippen molar-refractivity contribution in [2.24, 2.45) is 11.7 Å². The molecule has 3 aromatic rings. The maximum absolute atomic E-state index is 13.0. The second-order valence-electron chi connectivity index (χ2n) is 7.58. The van der Waals surface area contributed by atoms with E-state index in [0.29, 0.717) is 6.54 Å². The summed E-state index contributed by atoms with van der Waals surface area (Å²) in [6.07, 6.45) is 5.85. The van der Waals surface area contributed by atoms with Gasteiger partial charge in [0, 0.05) is 37.3 Å². The lowest BCUT2D eigenvalue weighted by Crippen LogP contribution is -2.38. The Morgan fingerprint density at radius 3 is 2.79 bits per heavy atom. The lowest BCUT2D eigenvalue weighted by molar-refractivity contribution is -0.135. The molecule has 0 radical (unpaired) electrons. The van der Waals surface area contributed by atoms with Gasteiger partial charge in [-0.05, 0) is 42.8 Å². The fourth-order valence-corrected chi connectivity index (χ4v) is 4.70. The highest BCUT2D eigenvalue weighted by atomic mass is 32.1. The van der Waals surface area contributed by atoms with Crippen LogP contribution >= 0.6 is 11.3 Å². The molecular weight excluding hydrogens is 368 g/mol. The minimum absolute atomic E-state index is 0.0445. The highest BCUT2D eigenvalue weighted by Crippen LogP contribution is 2.30. The van der Waals surface area contributed by atoms with Gasteiger partial charge < -0.3 is 10.6 Å². The molecule has 6 heteroatoms. The molecule has 1 saturated carbocycles. The van der Waals surface area contributed by atoms with Crippen LogP contribution in [0, 0.1) is 5.92 Å². The summed E-state index contributed by atoms with van der Waals surface area (Å²) >= 11 is 1.67. The Morgan fingerprint density at radius 1 is 1.25 bits per heavy atom. The molecule has 4 rings (SSSR count). The Hall–Kier alpha value is -2.44. The van der Waals surface area contributed by atoms with Gasteiger partial charge in [-0.15, -0.1) is 11.3 Å². The predicted molar refractivity (Wildman–Crippen MR) is 113 cm³/mol. The molecule has 1 aliphatic rings. The molecule has 0 saturated heterocycles. The highest BCUT2D eigenvalue weighted by molar-refractivity contribution is 7.13. The molecule has 2 atom stereocenters. The number of carbonyl (C=O) groups is 1. The summed E-state index contributed by atoms with van der Waals surface area (Å²) in [5, 5.41) is 6.88. The fraction of sp³-hybridized carbons (Fsp3) is 0.364. The molecule has 1 amide bonds. The van der Waals surface area contributed by atoms with Crippen molar-refractivity contribution in [3.8, 4) is 16.3 Å². The van der Waals surface area contributed by atoms with Crippen LogP contribution in [0.15, 0.2) is 54.0 Å². The zero-order valence-corrected chi connectivity index (χ0v) is 16.9. The Balaban J connectivity index is 1.59. The molecule has 0 spiro atoms. The van der Waals surface area contributed by atoms with Crippen LogP contribution in [0.25, 0.3) is 16.3 Å². The molecule has 1 fully saturated rings. The van der Waals surface area contributed by atoms with Crippen molar-refractivity contribution < 1.29 is 4.79 Å². The fourth-order valence-electron chi connectivity index (χ4n) is 3.96. The molecule has 1 aromatic carbocycles. The first-order valence-corrected chi connectivity index (χ1v) is 10.7. The third-order valence-electron chi connectivity index (χ3n) is 5.41. The Kier molecular flexibility index (Phi) is 5.59. The molecule has 146 valence electrons. The summed E-state index contributed by atoms with van der Waals surface area (Å²) in [6.45, 7) is 0.546. The smallest absolute Gasteiger partial charge is 0.225 e. The minimum Gasteiger partial charge on any atom is -0.341 e. The van der Waals surface area contributed by atoms with Gasteiger partial charge in [0.1, 0.15) is 5.69 Å². The third-order valence-corrected chi connectivity index (χ3v) is 6.29. The lowest BCUT2D eigenvalue weighted by Gasteiger charge is -2.29. The molecule has 0 aliphatic heterocycles. The molecule has 5 nitrogen and oxygen atoms in total. The van der Waals surface area contributed by atoms with Crippen molar-refractivity contribution in [1.29, 1.82) is 0 Å². The van der Waals surface area contributed by atoms with Crippen molar-refractivity contribution in [3.05, 3.63) is 59.6 Å². The predicted octanol–water partition coefficient (Wildman–Crippen LogP) is 4.08. The Morgan fingerprint density at radius 2 is 2.07 bits per heavy atom. The summed E-state index contributed by atoms with van der Waals surface area (Å²) in [5.74, 6) is 0.239. The first kappa shape index (κ1) is 18.9. The van der Waals surface area contributed by atoms with Gasteiger partial charge in [0.15, 0.2) is 0 Å². The number of aromatic nitrogens is 2. The van der Waals surface area contributed by atoms with Crippen LogP contribution in [-0.4, -0.2) is 33.7 Å². The SMILES string of the molecule is CN(Cc1cn(-c2ccccc2)nc1-c1cccs1)C(=O)C1CCCC(N)C1. The molecule has 2 unspecified atom stereocenters. The minimum atomic E-state index is 0.0445. The number of benzene rings is 1. The molecule has 2 N–H and O–H groups in total. The molecule has 1 aliphatic carbocycles. The molecule has 2 aromatic heterocycles. The second-order valence-corrected chi connectivity index (χ2v) is 8.53. The molecular formula is C22H26N4OS. The van der Waals surface area contributed by atoms with Crippen LogP contribution in [0.5, 0.6) is 0 Å². The third kappa shape index (κ3) is 4.03. The van der Waals surface area contributed by atoms with Gasteiger partial charge >= 0.3 is 0 Å². The number of amides is 1. The van der Waals surface area contributed by atoms with Crippen LogP contribution in [0.4, 0.5) is 0 Å². The molecule has 2 heterocycles. The normalized spacial score (nSPS) is 19.5. The van der Waals surface area contributed by atoms with Crippen LogP contribution < -0.4 is 5.73 Å². The van der Waals surface area contributed by atoms with Crippen molar-refractivity contribution in [2.75, 3.05) is 7.05 Å². The number of para-hydroxylation sites is 1. The van der Waals surface area contributed by atoms with E-state index < -0.39 is 0 Å². The van der Waals surface area contributed by atoms with E-state index in [-0.39, 0.29) is 17.9 Å². The zero-order chi connectivity index (χ0) is 19.5. The number of hydrogen-bond acceptors (Lipinski definition) is 4. The summed E-state index contributed by atoms with van der Waals surface area (Å²) < 4.78 is 1.90. The number of hydrogen-bond donors (Lipinski definition) is 1. The topological polar surface area (TPSA) is 64.2 Å². The van der Waals surface area contributed by atoms with Crippen molar-refractivity contribution >= 4 is 17.2 Å². The van der Waals surface area contributed by atoms with Gasteiger partial charge in [-0.1, -0.05) is 30.7 Å². The number of thiophene rings is 1. The number of nitrogens with two attached hydrogens (primary N) is 1. The van der Waals surface area contributed by atoms with Crippen LogP contribution in [0.3, 0.4) is 0 Å². The van der Waals surface area contributed by atoms with Crippen LogP contribution in [0.2, 0.25) is 0 Å². The summed E-state index contributed by atoms with van der Waals surface area (Å²) in [7, 11) is 1.89. The number of carbonyl (C=O) groups excluding carboxylic acids is 1. The van der Waals surface area contributed by atoms with E-state index in [2.05, 4.69) is 11.4 Å². The summed E-state index contributed by atoms with van der Waals surface area (Å²) in [4.78, 5) is 15.9. The average Bonchev–Trinajstić information content (AvgIpc) is 3.38. The van der Waals surface area contributed by atoms with Crippen molar-refractivity contribution in [2.45, 2.75) is 38.3 Å². The van der Waals surface area contributed by atoms with E-state index in [0.717, 1.165) is 47.5 Å². The van der Waals surface area contributed by atoms with Gasteiger partial charge in [0.05, 0.1) is 10.6 Å². The van der Waals surface area contributed by atoms with Crippen LogP contribution in [0.1, 0.15) is 31.2 Å². The first-order valence-electron chi connectivity index (χ1n) is 9.80. The van der Waals surface area contributed by atoms with E-state index in [9.17, 15) is 4.79 Å². The van der Waals surface area contributed by atoms with Crippen molar-refractivity contribution in [3.63, 3.8) is 0 Å². The van der Waals surface area contributed by atoms with E-state index in [4.69, 9.17) is 10.8 Å². The van der Waals surface area contributed by atoms with Gasteiger partial charge in [-0.2, -0.15) is 5.10 Å². The molecule has 0 bridgehead atoms. The van der Waals surface area contributed by atoms with Gasteiger partial charge in [-0.25, -0.2) is 4.68 Å². The van der Waals surface area contributed by atoms with E-state index in [1.807, 2.05) is 59.2 Å². The van der Waals surface area contributed by atoms with Crippen molar-refractivity contribution in [1.82, 2.24) is 14.7 Å². The zero-order valence-electron chi connectivity index (χ0n) is 16.1. The quantitative estimate of drug-likeness (QED) is 0.709. The van der Waals surface area contributed by atoms with Gasteiger partial charge in [0.2, 0.25) is 5.91 Å². The number of nitrogens with zero attached hydrogens (tertiary/aromatic N) is 3. The summed E-state index contributed by atoms with van der Waals surface area (Å²) in [5.41, 5.74) is 9.10. The monoisotopic (exact) mass is 394 g/mol. The Labute approximate surface area is 169 Å². The first-order chi connectivity index (χ1) is 13.6. The standard InChI is InChI=1S/C22H26N4OS/c1-25(22(27)16-7-5-8-18(23)13-16)14-17-15-26(19-9-3-2-4-10-19)24-21(17)20-11-6-12-28-20/h2-4,6,9-12,15-16,18H,5,7-8,13-14,23H2,1H3. The maximum Gasteiger partial charge on any atom is 0.225 e. The van der Waals surface area contributed by atoms with E-state index in [1.54, 1.807) is 11.3 Å². The summed E-state index contributed by atoms with van der Waals surface area (Å²) in [6, 6.07) is 14.3. The second kappa shape index (κ2) is 8.29.